The number of hydrogen-bond donors (Lipinski definition) is 0. The summed E-state index contributed by atoms with van der Waals surface area (Å²) in [6, 6.07) is 8.38. The number of halogens is 2. The molecule has 0 aliphatic carbocycles. The van der Waals surface area contributed by atoms with Gasteiger partial charge in [0.1, 0.15) is 0 Å². The SMILES string of the molecule is O=C(Cc1cccc(Br)c1)N1CCCC1CCCCl. The van der Waals surface area contributed by atoms with E-state index in [0.29, 0.717) is 18.3 Å². The van der Waals surface area contributed by atoms with Crippen LogP contribution >= 0.6 is 27.5 Å². The van der Waals surface area contributed by atoms with Crippen molar-refractivity contribution < 1.29 is 4.79 Å². The third-order valence-corrected chi connectivity index (χ3v) is 4.37. The summed E-state index contributed by atoms with van der Waals surface area (Å²) in [6.07, 6.45) is 4.77. The van der Waals surface area contributed by atoms with Gasteiger partial charge in [0.25, 0.3) is 0 Å². The molecule has 1 saturated heterocycles. The number of carbonyl (C=O) groups is 1. The standard InChI is InChI=1S/C15H19BrClNO/c16-13-5-1-4-12(10-13)11-15(19)18-9-3-7-14(18)6-2-8-17/h1,4-5,10,14H,2-3,6-9,11H2. The molecule has 0 N–H and O–H groups in total. The Kier molecular flexibility index (Phi) is 5.71. The van der Waals surface area contributed by atoms with Crippen LogP contribution in [0.1, 0.15) is 31.2 Å². The minimum absolute atomic E-state index is 0.246. The molecule has 2 rings (SSSR count). The maximum atomic E-state index is 12.4. The Morgan fingerprint density at radius 3 is 3.05 bits per heavy atom. The highest BCUT2D eigenvalue weighted by molar-refractivity contribution is 9.10. The Balaban J connectivity index is 1.95. The predicted molar refractivity (Wildman–Crippen MR) is 82.5 cm³/mol. The molecule has 1 aromatic carbocycles. The van der Waals surface area contributed by atoms with Crippen LogP contribution in [-0.2, 0) is 11.2 Å². The van der Waals surface area contributed by atoms with Gasteiger partial charge in [-0.3, -0.25) is 4.79 Å². The lowest BCUT2D eigenvalue weighted by atomic mass is 10.1. The van der Waals surface area contributed by atoms with Gasteiger partial charge >= 0.3 is 0 Å². The number of amides is 1. The minimum atomic E-state index is 0.246. The maximum Gasteiger partial charge on any atom is 0.227 e. The zero-order chi connectivity index (χ0) is 13.7. The largest absolute Gasteiger partial charge is 0.339 e. The molecule has 1 atom stereocenters. The molecule has 1 heterocycles. The van der Waals surface area contributed by atoms with Gasteiger partial charge < -0.3 is 4.90 Å². The van der Waals surface area contributed by atoms with Crippen LogP contribution in [0.2, 0.25) is 0 Å². The second-order valence-corrected chi connectivity index (χ2v) is 6.31. The van der Waals surface area contributed by atoms with E-state index in [9.17, 15) is 4.79 Å². The van der Waals surface area contributed by atoms with Gasteiger partial charge in [0.2, 0.25) is 5.91 Å². The molecule has 104 valence electrons. The van der Waals surface area contributed by atoms with Crippen molar-refractivity contribution in [3.63, 3.8) is 0 Å². The average molecular weight is 345 g/mol. The summed E-state index contributed by atoms with van der Waals surface area (Å²) in [5.41, 5.74) is 1.07. The van der Waals surface area contributed by atoms with Crippen LogP contribution in [0.3, 0.4) is 0 Å². The molecule has 1 aromatic rings. The van der Waals surface area contributed by atoms with Crippen molar-refractivity contribution in [2.75, 3.05) is 12.4 Å². The Bertz CT molecular complexity index is 438. The Hall–Kier alpha value is -0.540. The Morgan fingerprint density at radius 1 is 1.47 bits per heavy atom. The minimum Gasteiger partial charge on any atom is -0.339 e. The molecule has 4 heteroatoms. The van der Waals surface area contributed by atoms with Crippen LogP contribution in [0.15, 0.2) is 28.7 Å². The highest BCUT2D eigenvalue weighted by atomic mass is 79.9. The fourth-order valence-corrected chi connectivity index (χ4v) is 3.30. The number of hydrogen-bond acceptors (Lipinski definition) is 1. The molecule has 0 radical (unpaired) electrons. The Morgan fingerprint density at radius 2 is 2.32 bits per heavy atom. The second kappa shape index (κ2) is 7.30. The van der Waals surface area contributed by atoms with E-state index in [1.807, 2.05) is 29.2 Å². The molecule has 1 aliphatic rings. The number of benzene rings is 1. The molecular weight excluding hydrogens is 326 g/mol. The molecule has 2 nitrogen and oxygen atoms in total. The smallest absolute Gasteiger partial charge is 0.227 e. The molecule has 1 unspecified atom stereocenters. The lowest BCUT2D eigenvalue weighted by molar-refractivity contribution is -0.131. The highest BCUT2D eigenvalue weighted by Crippen LogP contribution is 2.23. The summed E-state index contributed by atoms with van der Waals surface area (Å²) in [5.74, 6) is 0.930. The molecule has 0 saturated carbocycles. The van der Waals surface area contributed by atoms with Gasteiger partial charge in [0.05, 0.1) is 6.42 Å². The van der Waals surface area contributed by atoms with E-state index in [0.717, 1.165) is 42.3 Å². The first-order valence-corrected chi connectivity index (χ1v) is 8.13. The third kappa shape index (κ3) is 4.22. The van der Waals surface area contributed by atoms with E-state index < -0.39 is 0 Å². The lowest BCUT2D eigenvalue weighted by Crippen LogP contribution is -2.36. The van der Waals surface area contributed by atoms with Gasteiger partial charge in [-0.25, -0.2) is 0 Å². The average Bonchev–Trinajstić information content (AvgIpc) is 2.84. The van der Waals surface area contributed by atoms with Gasteiger partial charge in [0.15, 0.2) is 0 Å². The number of alkyl halides is 1. The molecule has 19 heavy (non-hydrogen) atoms. The zero-order valence-electron chi connectivity index (χ0n) is 10.9. The summed E-state index contributed by atoms with van der Waals surface area (Å²) in [4.78, 5) is 14.4. The van der Waals surface area contributed by atoms with Crippen molar-refractivity contribution in [1.29, 1.82) is 0 Å². The van der Waals surface area contributed by atoms with Crippen LogP contribution < -0.4 is 0 Å². The summed E-state index contributed by atoms with van der Waals surface area (Å²) in [6.45, 7) is 0.903. The molecular formula is C15H19BrClNO. The fraction of sp³-hybridized carbons (Fsp3) is 0.533. The van der Waals surface area contributed by atoms with Crippen molar-refractivity contribution >= 4 is 33.4 Å². The van der Waals surface area contributed by atoms with E-state index in [-0.39, 0.29) is 5.91 Å². The van der Waals surface area contributed by atoms with Crippen molar-refractivity contribution in [2.45, 2.75) is 38.1 Å². The van der Waals surface area contributed by atoms with Crippen molar-refractivity contribution in [3.05, 3.63) is 34.3 Å². The molecule has 0 bridgehead atoms. The van der Waals surface area contributed by atoms with Crippen molar-refractivity contribution in [3.8, 4) is 0 Å². The predicted octanol–water partition coefficient (Wildman–Crippen LogP) is 4.00. The van der Waals surface area contributed by atoms with E-state index in [2.05, 4.69) is 15.9 Å². The molecule has 1 amide bonds. The lowest BCUT2D eigenvalue weighted by Gasteiger charge is -2.24. The van der Waals surface area contributed by atoms with Gasteiger partial charge in [-0.2, -0.15) is 0 Å². The van der Waals surface area contributed by atoms with Crippen LogP contribution in [0.5, 0.6) is 0 Å². The fourth-order valence-electron chi connectivity index (χ4n) is 2.70. The van der Waals surface area contributed by atoms with E-state index in [4.69, 9.17) is 11.6 Å². The molecule has 0 spiro atoms. The number of carbonyl (C=O) groups excluding carboxylic acids is 1. The van der Waals surface area contributed by atoms with Gasteiger partial charge in [-0.15, -0.1) is 11.6 Å². The highest BCUT2D eigenvalue weighted by Gasteiger charge is 2.27. The number of nitrogens with zero attached hydrogens (tertiary/aromatic N) is 1. The van der Waals surface area contributed by atoms with Crippen LogP contribution in [0.4, 0.5) is 0 Å². The van der Waals surface area contributed by atoms with Gasteiger partial charge in [-0.1, -0.05) is 28.1 Å². The second-order valence-electron chi connectivity index (χ2n) is 5.02. The summed E-state index contributed by atoms with van der Waals surface area (Å²) >= 11 is 9.19. The first-order chi connectivity index (χ1) is 9.20. The molecule has 0 aromatic heterocycles. The zero-order valence-corrected chi connectivity index (χ0v) is 13.3. The van der Waals surface area contributed by atoms with Gasteiger partial charge in [-0.05, 0) is 43.4 Å². The molecule has 1 aliphatic heterocycles. The third-order valence-electron chi connectivity index (χ3n) is 3.61. The van der Waals surface area contributed by atoms with Gasteiger partial charge in [0, 0.05) is 22.9 Å². The van der Waals surface area contributed by atoms with Crippen LogP contribution in [0.25, 0.3) is 0 Å². The summed E-state index contributed by atoms with van der Waals surface area (Å²) in [5, 5.41) is 0. The van der Waals surface area contributed by atoms with Crippen LogP contribution in [0, 0.1) is 0 Å². The summed E-state index contributed by atoms with van der Waals surface area (Å²) in [7, 11) is 0. The van der Waals surface area contributed by atoms with E-state index in [1.165, 1.54) is 0 Å². The first kappa shape index (κ1) is 14.9. The molecule has 1 fully saturated rings. The van der Waals surface area contributed by atoms with E-state index >= 15 is 0 Å². The van der Waals surface area contributed by atoms with E-state index in [1.54, 1.807) is 0 Å². The normalized spacial score (nSPS) is 18.8. The number of rotatable bonds is 5. The van der Waals surface area contributed by atoms with Crippen molar-refractivity contribution in [2.24, 2.45) is 0 Å². The first-order valence-electron chi connectivity index (χ1n) is 6.80. The number of likely N-dealkylation sites (tertiary alicyclic amines) is 1. The topological polar surface area (TPSA) is 20.3 Å². The quantitative estimate of drug-likeness (QED) is 0.739. The van der Waals surface area contributed by atoms with Crippen LogP contribution in [-0.4, -0.2) is 29.3 Å². The Labute approximate surface area is 128 Å². The van der Waals surface area contributed by atoms with Crippen molar-refractivity contribution in [1.82, 2.24) is 4.90 Å². The maximum absolute atomic E-state index is 12.4. The summed E-state index contributed by atoms with van der Waals surface area (Å²) < 4.78 is 1.03. The monoisotopic (exact) mass is 343 g/mol.